The van der Waals surface area contributed by atoms with Gasteiger partial charge in [-0.1, -0.05) is 11.6 Å². The van der Waals surface area contributed by atoms with Crippen LogP contribution in [0.1, 0.15) is 18.4 Å². The van der Waals surface area contributed by atoms with E-state index in [1.807, 2.05) is 19.1 Å². The zero-order chi connectivity index (χ0) is 17.5. The number of nitrogens with two attached hydrogens (primary N) is 1. The minimum absolute atomic E-state index is 0.0875. The van der Waals surface area contributed by atoms with Crippen molar-refractivity contribution < 1.29 is 14.3 Å². The summed E-state index contributed by atoms with van der Waals surface area (Å²) >= 11 is 5.97. The number of amides is 1. The molecule has 0 aliphatic heterocycles. The maximum absolute atomic E-state index is 11.9. The average molecular weight is 349 g/mol. The molecule has 0 saturated heterocycles. The van der Waals surface area contributed by atoms with E-state index in [1.54, 1.807) is 31.4 Å². The van der Waals surface area contributed by atoms with E-state index < -0.39 is 0 Å². The Kier molecular flexibility index (Phi) is 6.32. The number of methoxy groups -OCH3 is 1. The number of rotatable bonds is 7. The van der Waals surface area contributed by atoms with Gasteiger partial charge >= 0.3 is 0 Å². The molecule has 0 atom stereocenters. The number of carbonyl (C=O) groups excluding carboxylic acids is 1. The number of benzene rings is 2. The van der Waals surface area contributed by atoms with Crippen molar-refractivity contribution >= 4 is 28.9 Å². The largest absolute Gasteiger partial charge is 0.495 e. The summed E-state index contributed by atoms with van der Waals surface area (Å²) < 4.78 is 10.7. The summed E-state index contributed by atoms with van der Waals surface area (Å²) in [4.78, 5) is 11.9. The van der Waals surface area contributed by atoms with Crippen LogP contribution in [0.2, 0.25) is 5.02 Å². The minimum atomic E-state index is -0.0875. The highest BCUT2D eigenvalue weighted by molar-refractivity contribution is 6.31. The second-order valence-corrected chi connectivity index (χ2v) is 5.78. The van der Waals surface area contributed by atoms with Crippen LogP contribution in [0, 0.1) is 6.92 Å². The van der Waals surface area contributed by atoms with Gasteiger partial charge in [0, 0.05) is 17.1 Å². The van der Waals surface area contributed by atoms with E-state index in [9.17, 15) is 4.79 Å². The molecular weight excluding hydrogens is 328 g/mol. The zero-order valence-electron chi connectivity index (χ0n) is 13.8. The molecule has 2 aromatic carbocycles. The van der Waals surface area contributed by atoms with Gasteiger partial charge in [0.25, 0.3) is 0 Å². The van der Waals surface area contributed by atoms with Crippen LogP contribution in [-0.2, 0) is 4.79 Å². The van der Waals surface area contributed by atoms with Crippen LogP contribution in [0.15, 0.2) is 36.4 Å². The van der Waals surface area contributed by atoms with Gasteiger partial charge in [-0.2, -0.15) is 0 Å². The van der Waals surface area contributed by atoms with E-state index >= 15 is 0 Å². The van der Waals surface area contributed by atoms with Gasteiger partial charge in [-0.25, -0.2) is 0 Å². The number of aryl methyl sites for hydroxylation is 1. The lowest BCUT2D eigenvalue weighted by atomic mass is 10.2. The quantitative estimate of drug-likeness (QED) is 0.585. The Balaban J connectivity index is 1.75. The van der Waals surface area contributed by atoms with Gasteiger partial charge in [-0.05, 0) is 55.3 Å². The summed E-state index contributed by atoms with van der Waals surface area (Å²) in [7, 11) is 1.55. The van der Waals surface area contributed by atoms with Crippen LogP contribution in [0.5, 0.6) is 11.5 Å². The minimum Gasteiger partial charge on any atom is -0.495 e. The number of anilines is 2. The van der Waals surface area contributed by atoms with Crippen LogP contribution in [0.3, 0.4) is 0 Å². The van der Waals surface area contributed by atoms with E-state index in [0.29, 0.717) is 41.6 Å². The van der Waals surface area contributed by atoms with Gasteiger partial charge in [0.05, 0.1) is 19.4 Å². The van der Waals surface area contributed by atoms with Crippen molar-refractivity contribution in [2.45, 2.75) is 19.8 Å². The Morgan fingerprint density at radius 2 is 2.04 bits per heavy atom. The topological polar surface area (TPSA) is 73.6 Å². The van der Waals surface area contributed by atoms with Gasteiger partial charge in [0.1, 0.15) is 11.5 Å². The predicted octanol–water partition coefficient (Wildman–Crippen LogP) is 4.04. The molecule has 0 aliphatic carbocycles. The molecule has 5 nitrogen and oxygen atoms in total. The Morgan fingerprint density at radius 3 is 2.71 bits per heavy atom. The SMILES string of the molecule is COc1ccc(NC(=O)CCCOc2ccc(Cl)c(C)c2)cc1N. The van der Waals surface area contributed by atoms with E-state index in [4.69, 9.17) is 26.8 Å². The van der Waals surface area contributed by atoms with E-state index in [2.05, 4.69) is 5.32 Å². The summed E-state index contributed by atoms with van der Waals surface area (Å²) in [5.41, 5.74) is 7.90. The van der Waals surface area contributed by atoms with Gasteiger partial charge in [-0.3, -0.25) is 4.79 Å². The number of nitrogens with one attached hydrogen (secondary N) is 1. The first kappa shape index (κ1) is 17.9. The molecule has 0 aliphatic rings. The summed E-state index contributed by atoms with van der Waals surface area (Å²) in [5.74, 6) is 1.25. The first-order valence-electron chi connectivity index (χ1n) is 7.62. The van der Waals surface area contributed by atoms with Crippen molar-refractivity contribution in [2.75, 3.05) is 24.8 Å². The van der Waals surface area contributed by atoms with Crippen LogP contribution in [0.4, 0.5) is 11.4 Å². The molecule has 0 heterocycles. The lowest BCUT2D eigenvalue weighted by molar-refractivity contribution is -0.116. The Labute approximate surface area is 146 Å². The maximum atomic E-state index is 11.9. The van der Waals surface area contributed by atoms with Crippen molar-refractivity contribution in [3.63, 3.8) is 0 Å². The second-order valence-electron chi connectivity index (χ2n) is 5.37. The third-order valence-corrected chi connectivity index (χ3v) is 3.88. The predicted molar refractivity (Wildman–Crippen MR) is 97.0 cm³/mol. The van der Waals surface area contributed by atoms with E-state index in [0.717, 1.165) is 11.3 Å². The molecule has 3 N–H and O–H groups in total. The fourth-order valence-electron chi connectivity index (χ4n) is 2.17. The molecule has 128 valence electrons. The third kappa shape index (κ3) is 5.06. The molecule has 0 spiro atoms. The van der Waals surface area contributed by atoms with Crippen molar-refractivity contribution in [1.82, 2.24) is 0 Å². The summed E-state index contributed by atoms with van der Waals surface area (Å²) in [6, 6.07) is 10.6. The van der Waals surface area contributed by atoms with Gasteiger partial charge in [0.15, 0.2) is 0 Å². The van der Waals surface area contributed by atoms with Crippen LogP contribution >= 0.6 is 11.6 Å². The molecular formula is C18H21ClN2O3. The van der Waals surface area contributed by atoms with Crippen molar-refractivity contribution in [3.05, 3.63) is 47.0 Å². The normalized spacial score (nSPS) is 10.3. The Hall–Kier alpha value is -2.40. The monoisotopic (exact) mass is 348 g/mol. The molecule has 6 heteroatoms. The highest BCUT2D eigenvalue weighted by Crippen LogP contribution is 2.24. The first-order chi connectivity index (χ1) is 11.5. The molecule has 2 rings (SSSR count). The third-order valence-electron chi connectivity index (χ3n) is 3.46. The van der Waals surface area contributed by atoms with Crippen LogP contribution < -0.4 is 20.5 Å². The first-order valence-corrected chi connectivity index (χ1v) is 7.99. The second kappa shape index (κ2) is 8.45. The van der Waals surface area contributed by atoms with E-state index in [-0.39, 0.29) is 5.91 Å². The van der Waals surface area contributed by atoms with Crippen molar-refractivity contribution in [1.29, 1.82) is 0 Å². The highest BCUT2D eigenvalue weighted by atomic mass is 35.5. The zero-order valence-corrected chi connectivity index (χ0v) is 14.5. The van der Waals surface area contributed by atoms with Gasteiger partial charge in [-0.15, -0.1) is 0 Å². The van der Waals surface area contributed by atoms with Crippen LogP contribution in [-0.4, -0.2) is 19.6 Å². The lowest BCUT2D eigenvalue weighted by Gasteiger charge is -2.10. The maximum Gasteiger partial charge on any atom is 0.224 e. The number of ether oxygens (including phenoxy) is 2. The molecule has 1 amide bonds. The molecule has 0 radical (unpaired) electrons. The number of hydrogen-bond acceptors (Lipinski definition) is 4. The number of nitrogen functional groups attached to an aromatic ring is 1. The Morgan fingerprint density at radius 1 is 1.25 bits per heavy atom. The Bertz CT molecular complexity index is 719. The molecule has 0 aromatic heterocycles. The summed E-state index contributed by atoms with van der Waals surface area (Å²) in [6.07, 6.45) is 0.970. The molecule has 2 aromatic rings. The summed E-state index contributed by atoms with van der Waals surface area (Å²) in [5, 5.41) is 3.51. The fourth-order valence-corrected chi connectivity index (χ4v) is 2.28. The smallest absolute Gasteiger partial charge is 0.224 e. The fraction of sp³-hybridized carbons (Fsp3) is 0.278. The molecule has 0 bridgehead atoms. The van der Waals surface area contributed by atoms with E-state index in [1.165, 1.54) is 0 Å². The van der Waals surface area contributed by atoms with Crippen molar-refractivity contribution in [3.8, 4) is 11.5 Å². The van der Waals surface area contributed by atoms with Gasteiger partial charge in [0.2, 0.25) is 5.91 Å². The highest BCUT2D eigenvalue weighted by Gasteiger charge is 2.06. The average Bonchev–Trinajstić information content (AvgIpc) is 2.55. The summed E-state index contributed by atoms with van der Waals surface area (Å²) in [6.45, 7) is 2.38. The molecule has 0 unspecified atom stereocenters. The molecule has 0 fully saturated rings. The lowest BCUT2D eigenvalue weighted by Crippen LogP contribution is -2.13. The van der Waals surface area contributed by atoms with Crippen molar-refractivity contribution in [2.24, 2.45) is 0 Å². The standard InChI is InChI=1S/C18H21ClN2O3/c1-12-10-14(6-7-15(12)19)24-9-3-4-18(22)21-13-5-8-17(23-2)16(20)11-13/h5-8,10-11H,3-4,9,20H2,1-2H3,(H,21,22). The number of hydrogen-bond donors (Lipinski definition) is 2. The molecule has 24 heavy (non-hydrogen) atoms. The number of halogens is 1. The molecule has 0 saturated carbocycles. The number of carbonyl (C=O) groups is 1. The van der Waals surface area contributed by atoms with Crippen LogP contribution in [0.25, 0.3) is 0 Å². The van der Waals surface area contributed by atoms with Gasteiger partial charge < -0.3 is 20.5 Å².